The Morgan fingerprint density at radius 3 is 1.74 bits per heavy atom. The highest BCUT2D eigenvalue weighted by atomic mass is 16.5. The van der Waals surface area contributed by atoms with Gasteiger partial charge in [0.1, 0.15) is 12.6 Å². The van der Waals surface area contributed by atoms with Crippen LogP contribution in [-0.2, 0) is 22.4 Å². The standard InChI is InChI=1S/C31H29N3O4/c35-29(25-14-8-3-9-15-25)33-27(20-23-10-4-1-5-11-23)22-38-31(37)28(21-24-12-6-2-7-13-24)34-30(36)26-16-18-32-19-17-26/h1-19,27-28H,20-22H2,(H,33,35)(H,34,36). The zero-order chi connectivity index (χ0) is 26.6. The molecule has 0 saturated carbocycles. The van der Waals surface area contributed by atoms with Gasteiger partial charge in [0, 0.05) is 29.9 Å². The van der Waals surface area contributed by atoms with Crippen molar-refractivity contribution in [2.45, 2.75) is 24.9 Å². The number of hydrogen-bond donors (Lipinski definition) is 2. The molecule has 38 heavy (non-hydrogen) atoms. The minimum atomic E-state index is -0.916. The van der Waals surface area contributed by atoms with E-state index in [-0.39, 0.29) is 18.9 Å². The maximum atomic E-state index is 13.3. The average molecular weight is 508 g/mol. The Morgan fingerprint density at radius 2 is 1.13 bits per heavy atom. The van der Waals surface area contributed by atoms with Crippen molar-refractivity contribution in [2.24, 2.45) is 0 Å². The number of nitrogens with one attached hydrogen (secondary N) is 2. The van der Waals surface area contributed by atoms with Gasteiger partial charge in [0.2, 0.25) is 0 Å². The summed E-state index contributed by atoms with van der Waals surface area (Å²) < 4.78 is 5.70. The molecule has 2 N–H and O–H groups in total. The first kappa shape index (κ1) is 26.3. The highest BCUT2D eigenvalue weighted by Crippen LogP contribution is 2.10. The molecule has 1 aromatic heterocycles. The Morgan fingerprint density at radius 1 is 0.632 bits per heavy atom. The second-order valence-corrected chi connectivity index (χ2v) is 8.81. The number of rotatable bonds is 11. The van der Waals surface area contributed by atoms with Crippen LogP contribution < -0.4 is 10.6 Å². The number of nitrogens with zero attached hydrogens (tertiary/aromatic N) is 1. The van der Waals surface area contributed by atoms with Crippen molar-refractivity contribution in [3.63, 3.8) is 0 Å². The smallest absolute Gasteiger partial charge is 0.329 e. The summed E-state index contributed by atoms with van der Waals surface area (Å²) >= 11 is 0. The van der Waals surface area contributed by atoms with Crippen LogP contribution in [0.3, 0.4) is 0 Å². The van der Waals surface area contributed by atoms with Crippen molar-refractivity contribution >= 4 is 17.8 Å². The number of aromatic nitrogens is 1. The molecule has 0 bridgehead atoms. The van der Waals surface area contributed by atoms with Crippen molar-refractivity contribution in [3.8, 4) is 0 Å². The fourth-order valence-corrected chi connectivity index (χ4v) is 3.98. The number of esters is 1. The molecule has 7 heteroatoms. The maximum absolute atomic E-state index is 13.3. The monoisotopic (exact) mass is 507 g/mol. The third-order valence-electron chi connectivity index (χ3n) is 5.94. The molecule has 3 aromatic carbocycles. The van der Waals surface area contributed by atoms with Gasteiger partial charge in [0.25, 0.3) is 11.8 Å². The lowest BCUT2D eigenvalue weighted by Gasteiger charge is -2.22. The van der Waals surface area contributed by atoms with E-state index in [9.17, 15) is 14.4 Å². The molecule has 0 spiro atoms. The van der Waals surface area contributed by atoms with Gasteiger partial charge in [-0.25, -0.2) is 4.79 Å². The minimum Gasteiger partial charge on any atom is -0.462 e. The summed E-state index contributed by atoms with van der Waals surface area (Å²) in [4.78, 5) is 42.9. The average Bonchev–Trinajstić information content (AvgIpc) is 2.97. The van der Waals surface area contributed by atoms with Gasteiger partial charge < -0.3 is 15.4 Å². The number of amides is 2. The molecule has 0 aliphatic carbocycles. The second kappa shape index (κ2) is 13.5. The molecule has 0 aliphatic heterocycles. The second-order valence-electron chi connectivity index (χ2n) is 8.81. The predicted molar refractivity (Wildman–Crippen MR) is 144 cm³/mol. The van der Waals surface area contributed by atoms with Gasteiger partial charge in [0.05, 0.1) is 6.04 Å². The molecule has 0 radical (unpaired) electrons. The Labute approximate surface area is 221 Å². The van der Waals surface area contributed by atoms with Gasteiger partial charge in [-0.2, -0.15) is 0 Å². The number of carbonyl (C=O) groups is 3. The van der Waals surface area contributed by atoms with E-state index >= 15 is 0 Å². The summed E-state index contributed by atoms with van der Waals surface area (Å²) in [6.07, 6.45) is 3.77. The lowest BCUT2D eigenvalue weighted by Crippen LogP contribution is -2.46. The number of benzene rings is 3. The van der Waals surface area contributed by atoms with Crippen LogP contribution in [0.5, 0.6) is 0 Å². The molecule has 2 amide bonds. The van der Waals surface area contributed by atoms with Crippen LogP contribution in [0.1, 0.15) is 31.8 Å². The largest absolute Gasteiger partial charge is 0.462 e. The SMILES string of the molecule is O=C(NC(COC(=O)C(Cc1ccccc1)NC(=O)c1ccncc1)Cc1ccccc1)c1ccccc1. The van der Waals surface area contributed by atoms with Gasteiger partial charge in [-0.1, -0.05) is 78.9 Å². The van der Waals surface area contributed by atoms with Gasteiger partial charge >= 0.3 is 5.97 Å². The van der Waals surface area contributed by atoms with Gasteiger partial charge in [0.15, 0.2) is 0 Å². The first-order valence-electron chi connectivity index (χ1n) is 12.4. The third kappa shape index (κ3) is 7.86. The van der Waals surface area contributed by atoms with E-state index < -0.39 is 24.0 Å². The lowest BCUT2D eigenvalue weighted by molar-refractivity contribution is -0.146. The summed E-state index contributed by atoms with van der Waals surface area (Å²) in [6.45, 7) is -0.0529. The third-order valence-corrected chi connectivity index (χ3v) is 5.94. The molecule has 192 valence electrons. The number of pyridine rings is 1. The van der Waals surface area contributed by atoms with Gasteiger partial charge in [-0.05, 0) is 41.8 Å². The van der Waals surface area contributed by atoms with Crippen molar-refractivity contribution in [1.82, 2.24) is 15.6 Å². The minimum absolute atomic E-state index is 0.0529. The lowest BCUT2D eigenvalue weighted by atomic mass is 10.0. The molecule has 0 fully saturated rings. The van der Waals surface area contributed by atoms with E-state index in [0.29, 0.717) is 17.5 Å². The molecule has 4 aromatic rings. The van der Waals surface area contributed by atoms with E-state index in [1.165, 1.54) is 12.4 Å². The Kier molecular flexibility index (Phi) is 9.34. The summed E-state index contributed by atoms with van der Waals surface area (Å²) in [5.41, 5.74) is 2.78. The van der Waals surface area contributed by atoms with Crippen LogP contribution in [0.15, 0.2) is 116 Å². The highest BCUT2D eigenvalue weighted by molar-refractivity contribution is 5.96. The molecule has 2 atom stereocenters. The first-order chi connectivity index (χ1) is 18.6. The van der Waals surface area contributed by atoms with Crippen molar-refractivity contribution < 1.29 is 19.1 Å². The molecular formula is C31H29N3O4. The van der Waals surface area contributed by atoms with Gasteiger partial charge in [-0.3, -0.25) is 14.6 Å². The quantitative estimate of drug-likeness (QED) is 0.299. The number of ether oxygens (including phenoxy) is 1. The number of carbonyl (C=O) groups excluding carboxylic acids is 3. The highest BCUT2D eigenvalue weighted by Gasteiger charge is 2.25. The molecular weight excluding hydrogens is 478 g/mol. The van der Waals surface area contributed by atoms with Crippen LogP contribution in [-0.4, -0.2) is 41.5 Å². The summed E-state index contributed by atoms with van der Waals surface area (Å²) in [5, 5.41) is 5.77. The molecule has 0 saturated heterocycles. The first-order valence-corrected chi connectivity index (χ1v) is 12.4. The van der Waals surface area contributed by atoms with E-state index in [1.54, 1.807) is 36.4 Å². The van der Waals surface area contributed by atoms with Gasteiger partial charge in [-0.15, -0.1) is 0 Å². The Hall–Kier alpha value is -4.78. The number of hydrogen-bond acceptors (Lipinski definition) is 5. The van der Waals surface area contributed by atoms with E-state index in [2.05, 4.69) is 15.6 Å². The summed E-state index contributed by atoms with van der Waals surface area (Å²) in [6, 6.07) is 29.7. The fourth-order valence-electron chi connectivity index (χ4n) is 3.98. The van der Waals surface area contributed by atoms with Crippen LogP contribution in [0.4, 0.5) is 0 Å². The van der Waals surface area contributed by atoms with Crippen LogP contribution >= 0.6 is 0 Å². The van der Waals surface area contributed by atoms with Crippen LogP contribution in [0, 0.1) is 0 Å². The van der Waals surface area contributed by atoms with Crippen molar-refractivity contribution in [2.75, 3.05) is 6.61 Å². The van der Waals surface area contributed by atoms with Crippen molar-refractivity contribution in [3.05, 3.63) is 138 Å². The molecule has 7 nitrogen and oxygen atoms in total. The van der Waals surface area contributed by atoms with Crippen LogP contribution in [0.25, 0.3) is 0 Å². The zero-order valence-electron chi connectivity index (χ0n) is 20.8. The van der Waals surface area contributed by atoms with E-state index in [4.69, 9.17) is 4.74 Å². The predicted octanol–water partition coefficient (Wildman–Crippen LogP) is 4.01. The normalized spacial score (nSPS) is 12.1. The van der Waals surface area contributed by atoms with E-state index in [0.717, 1.165) is 11.1 Å². The maximum Gasteiger partial charge on any atom is 0.329 e. The molecule has 4 rings (SSSR count). The summed E-state index contributed by atoms with van der Waals surface area (Å²) in [7, 11) is 0. The molecule has 2 unspecified atom stereocenters. The Bertz CT molecular complexity index is 1320. The fraction of sp³-hybridized carbons (Fsp3) is 0.161. The molecule has 0 aliphatic rings. The Balaban J connectivity index is 1.47. The zero-order valence-corrected chi connectivity index (χ0v) is 20.8. The van der Waals surface area contributed by atoms with E-state index in [1.807, 2.05) is 66.7 Å². The summed E-state index contributed by atoms with van der Waals surface area (Å²) in [5.74, 6) is -1.24. The molecule has 1 heterocycles. The topological polar surface area (TPSA) is 97.4 Å². The van der Waals surface area contributed by atoms with Crippen LogP contribution in [0.2, 0.25) is 0 Å². The van der Waals surface area contributed by atoms with Crippen molar-refractivity contribution in [1.29, 1.82) is 0 Å².